The Morgan fingerprint density at radius 2 is 2.21 bits per heavy atom. The van der Waals surface area contributed by atoms with Crippen LogP contribution in [0.2, 0.25) is 0 Å². The van der Waals surface area contributed by atoms with Gasteiger partial charge >= 0.3 is 5.69 Å². The molecule has 9 heteroatoms. The molecule has 4 N–H and O–H groups in total. The first-order chi connectivity index (χ1) is 9.11. The molecule has 1 aromatic carbocycles. The van der Waals surface area contributed by atoms with Gasteiger partial charge in [0.15, 0.2) is 5.82 Å². The fourth-order valence-electron chi connectivity index (χ4n) is 1.59. The van der Waals surface area contributed by atoms with E-state index in [4.69, 9.17) is 10.4 Å². The first-order valence-electron chi connectivity index (χ1n) is 5.39. The molecule has 0 amide bonds. The van der Waals surface area contributed by atoms with Crippen LogP contribution in [0.15, 0.2) is 22.7 Å². The highest BCUT2D eigenvalue weighted by Crippen LogP contribution is 2.32. The minimum absolute atomic E-state index is 0.134. The average Bonchev–Trinajstić information content (AvgIpc) is 2.81. The van der Waals surface area contributed by atoms with E-state index < -0.39 is 4.92 Å². The number of nitro benzene ring substituents is 1. The van der Waals surface area contributed by atoms with Gasteiger partial charge in [0.05, 0.1) is 11.5 Å². The van der Waals surface area contributed by atoms with Crippen molar-refractivity contribution >= 4 is 17.1 Å². The molecule has 0 fully saturated rings. The number of para-hydroxylation sites is 1. The Bertz CT molecular complexity index is 597. The molecule has 0 aliphatic heterocycles. The van der Waals surface area contributed by atoms with Crippen LogP contribution >= 0.6 is 0 Å². The zero-order valence-corrected chi connectivity index (χ0v) is 10.1. The minimum Gasteiger partial charge on any atom is -0.372 e. The smallest absolute Gasteiger partial charge is 0.316 e. The van der Waals surface area contributed by atoms with E-state index >= 15 is 0 Å². The number of nitrogens with two attached hydrogens (primary N) is 1. The van der Waals surface area contributed by atoms with Gasteiger partial charge in [0.25, 0.3) is 0 Å². The topological polar surface area (TPSA) is 132 Å². The molecule has 19 heavy (non-hydrogen) atoms. The van der Waals surface area contributed by atoms with Crippen molar-refractivity contribution in [2.45, 2.75) is 13.5 Å². The summed E-state index contributed by atoms with van der Waals surface area (Å²) in [6, 6.07) is 4.74. The SMILES string of the molecule is Cc1nc(CNc2cccc(NN)c2[N+](=O)[O-])no1. The fraction of sp³-hybridized carbons (Fsp3) is 0.200. The number of aryl methyl sites for hydroxylation is 1. The minimum atomic E-state index is -0.515. The highest BCUT2D eigenvalue weighted by atomic mass is 16.6. The van der Waals surface area contributed by atoms with Crippen LogP contribution in [0.25, 0.3) is 0 Å². The van der Waals surface area contributed by atoms with E-state index in [2.05, 4.69) is 20.9 Å². The summed E-state index contributed by atoms with van der Waals surface area (Å²) in [6.45, 7) is 1.88. The van der Waals surface area contributed by atoms with Gasteiger partial charge in [-0.15, -0.1) is 0 Å². The van der Waals surface area contributed by atoms with Gasteiger partial charge in [-0.05, 0) is 12.1 Å². The summed E-state index contributed by atoms with van der Waals surface area (Å²) in [5, 5.41) is 17.6. The van der Waals surface area contributed by atoms with E-state index in [0.29, 0.717) is 17.4 Å². The summed E-state index contributed by atoms with van der Waals surface area (Å²) >= 11 is 0. The third kappa shape index (κ3) is 2.77. The Morgan fingerprint density at radius 3 is 2.79 bits per heavy atom. The summed E-state index contributed by atoms with van der Waals surface area (Å²) in [5.41, 5.74) is 2.70. The van der Waals surface area contributed by atoms with Crippen LogP contribution < -0.4 is 16.6 Å². The van der Waals surface area contributed by atoms with Crippen molar-refractivity contribution in [3.63, 3.8) is 0 Å². The van der Waals surface area contributed by atoms with Crippen molar-refractivity contribution in [2.75, 3.05) is 10.7 Å². The Balaban J connectivity index is 2.22. The van der Waals surface area contributed by atoms with Crippen LogP contribution in [0.1, 0.15) is 11.7 Å². The lowest BCUT2D eigenvalue weighted by atomic mass is 10.2. The molecule has 0 bridgehead atoms. The van der Waals surface area contributed by atoms with Gasteiger partial charge in [0.1, 0.15) is 11.4 Å². The number of nitrogens with one attached hydrogen (secondary N) is 2. The number of anilines is 2. The van der Waals surface area contributed by atoms with E-state index in [1.165, 1.54) is 6.07 Å². The molecule has 0 aliphatic rings. The van der Waals surface area contributed by atoms with Crippen molar-refractivity contribution in [3.8, 4) is 0 Å². The van der Waals surface area contributed by atoms with Crippen LogP contribution in [0.3, 0.4) is 0 Å². The number of hydrogen-bond acceptors (Lipinski definition) is 8. The van der Waals surface area contributed by atoms with Gasteiger partial charge < -0.3 is 15.3 Å². The second-order valence-corrected chi connectivity index (χ2v) is 3.69. The van der Waals surface area contributed by atoms with Crippen LogP contribution in [-0.2, 0) is 6.54 Å². The monoisotopic (exact) mass is 264 g/mol. The maximum Gasteiger partial charge on any atom is 0.316 e. The summed E-state index contributed by atoms with van der Waals surface area (Å²) < 4.78 is 4.81. The first-order valence-corrected chi connectivity index (χ1v) is 5.39. The van der Waals surface area contributed by atoms with Crippen molar-refractivity contribution in [1.82, 2.24) is 10.1 Å². The molecule has 2 aromatic rings. The van der Waals surface area contributed by atoms with Gasteiger partial charge in [0, 0.05) is 6.92 Å². The van der Waals surface area contributed by atoms with E-state index in [1.807, 2.05) is 0 Å². The van der Waals surface area contributed by atoms with Crippen LogP contribution in [0.5, 0.6) is 0 Å². The summed E-state index contributed by atoms with van der Waals surface area (Å²) in [4.78, 5) is 14.5. The lowest BCUT2D eigenvalue weighted by molar-refractivity contribution is -0.383. The fourth-order valence-corrected chi connectivity index (χ4v) is 1.59. The standard InChI is InChI=1S/C10H12N6O3/c1-6-13-9(15-19-6)5-12-7-3-2-4-8(14-11)10(7)16(17)18/h2-4,12,14H,5,11H2,1H3. The number of rotatable bonds is 5. The zero-order valence-electron chi connectivity index (χ0n) is 10.1. The molecule has 0 radical (unpaired) electrons. The van der Waals surface area contributed by atoms with E-state index in [0.717, 1.165) is 0 Å². The molecule has 0 saturated carbocycles. The summed E-state index contributed by atoms with van der Waals surface area (Å²) in [6.07, 6.45) is 0. The Morgan fingerprint density at radius 1 is 1.47 bits per heavy atom. The molecule has 100 valence electrons. The van der Waals surface area contributed by atoms with Crippen LogP contribution in [0.4, 0.5) is 17.1 Å². The quantitative estimate of drug-likeness (QED) is 0.416. The predicted molar refractivity (Wildman–Crippen MR) is 67.3 cm³/mol. The maximum atomic E-state index is 11.0. The molecule has 0 spiro atoms. The van der Waals surface area contributed by atoms with Gasteiger partial charge in [0.2, 0.25) is 5.89 Å². The lowest BCUT2D eigenvalue weighted by Crippen LogP contribution is -2.11. The number of hydrogen-bond donors (Lipinski definition) is 3. The number of nitrogens with zero attached hydrogens (tertiary/aromatic N) is 3. The molecule has 0 aliphatic carbocycles. The molecule has 0 saturated heterocycles. The number of aromatic nitrogens is 2. The molecule has 0 atom stereocenters. The summed E-state index contributed by atoms with van der Waals surface area (Å²) in [5.74, 6) is 6.09. The zero-order chi connectivity index (χ0) is 13.8. The predicted octanol–water partition coefficient (Wildman–Crippen LogP) is 1.18. The van der Waals surface area contributed by atoms with Crippen molar-refractivity contribution in [2.24, 2.45) is 5.84 Å². The molecule has 9 nitrogen and oxygen atoms in total. The lowest BCUT2D eigenvalue weighted by Gasteiger charge is -2.08. The average molecular weight is 264 g/mol. The normalized spacial score (nSPS) is 10.2. The highest BCUT2D eigenvalue weighted by Gasteiger charge is 2.19. The number of nitro groups is 1. The molecule has 1 aromatic heterocycles. The highest BCUT2D eigenvalue weighted by molar-refractivity contribution is 5.75. The number of hydrazine groups is 1. The van der Waals surface area contributed by atoms with Gasteiger partial charge in [-0.1, -0.05) is 11.2 Å². The van der Waals surface area contributed by atoms with Crippen molar-refractivity contribution < 1.29 is 9.45 Å². The van der Waals surface area contributed by atoms with Gasteiger partial charge in [-0.3, -0.25) is 16.0 Å². The number of benzene rings is 1. The third-order valence-electron chi connectivity index (χ3n) is 2.38. The third-order valence-corrected chi connectivity index (χ3v) is 2.38. The van der Waals surface area contributed by atoms with Crippen molar-refractivity contribution in [3.05, 3.63) is 40.0 Å². The second kappa shape index (κ2) is 5.31. The molecule has 2 rings (SSSR count). The van der Waals surface area contributed by atoms with Crippen LogP contribution in [-0.4, -0.2) is 15.1 Å². The molecule has 0 unspecified atom stereocenters. The Hall–Kier alpha value is -2.68. The van der Waals surface area contributed by atoms with Gasteiger partial charge in [-0.2, -0.15) is 4.98 Å². The molecular formula is C10H12N6O3. The van der Waals surface area contributed by atoms with E-state index in [-0.39, 0.29) is 17.9 Å². The largest absolute Gasteiger partial charge is 0.372 e. The summed E-state index contributed by atoms with van der Waals surface area (Å²) in [7, 11) is 0. The Labute approximate surface area is 107 Å². The first kappa shape index (κ1) is 12.8. The maximum absolute atomic E-state index is 11.0. The molecular weight excluding hydrogens is 252 g/mol. The van der Waals surface area contributed by atoms with Crippen molar-refractivity contribution in [1.29, 1.82) is 0 Å². The second-order valence-electron chi connectivity index (χ2n) is 3.69. The van der Waals surface area contributed by atoms with E-state index in [1.54, 1.807) is 19.1 Å². The van der Waals surface area contributed by atoms with Crippen LogP contribution in [0, 0.1) is 17.0 Å². The van der Waals surface area contributed by atoms with E-state index in [9.17, 15) is 10.1 Å². The molecule has 1 heterocycles. The number of nitrogen functional groups attached to an aromatic ring is 1. The van der Waals surface area contributed by atoms with Gasteiger partial charge in [-0.25, -0.2) is 0 Å². The Kier molecular flexibility index (Phi) is 3.57.